The van der Waals surface area contributed by atoms with E-state index < -0.39 is 0 Å². The molecule has 130 valence electrons. The van der Waals surface area contributed by atoms with Crippen LogP contribution in [0.2, 0.25) is 0 Å². The third kappa shape index (κ3) is 5.23. The molecular weight excluding hydrogens is 322 g/mol. The Hall–Kier alpha value is -2.08. The van der Waals surface area contributed by atoms with Gasteiger partial charge in [0.1, 0.15) is 17.4 Å². The van der Waals surface area contributed by atoms with Crippen LogP contribution in [0.1, 0.15) is 37.9 Å². The molecule has 1 aromatic heterocycles. The highest BCUT2D eigenvalue weighted by atomic mass is 32.1. The molecule has 0 aliphatic heterocycles. The number of nitrogens with one attached hydrogen (secondary N) is 1. The number of hydrogen-bond acceptors (Lipinski definition) is 4. The zero-order valence-electron chi connectivity index (χ0n) is 14.5. The number of carbonyl (C=O) groups is 1. The van der Waals surface area contributed by atoms with Gasteiger partial charge in [-0.1, -0.05) is 25.1 Å². The minimum absolute atomic E-state index is 0.0399. The maximum Gasteiger partial charge on any atom is 0.317 e. The molecular formula is C18H25N3O2S. The number of para-hydroxylation sites is 1. The number of hydrogen-bond donors (Lipinski definition) is 1. The second-order valence-corrected chi connectivity index (χ2v) is 6.50. The van der Waals surface area contributed by atoms with Gasteiger partial charge in [0.25, 0.3) is 0 Å². The molecule has 0 spiro atoms. The summed E-state index contributed by atoms with van der Waals surface area (Å²) in [7, 11) is 0. The first-order valence-electron chi connectivity index (χ1n) is 8.29. The van der Waals surface area contributed by atoms with Gasteiger partial charge in [-0.25, -0.2) is 9.78 Å². The van der Waals surface area contributed by atoms with Crippen LogP contribution in [0.25, 0.3) is 0 Å². The predicted octanol–water partition coefficient (Wildman–Crippen LogP) is 4.05. The average Bonchev–Trinajstić information content (AvgIpc) is 3.06. The van der Waals surface area contributed by atoms with Crippen molar-refractivity contribution in [1.82, 2.24) is 15.2 Å². The van der Waals surface area contributed by atoms with E-state index in [4.69, 9.17) is 4.74 Å². The maximum atomic E-state index is 12.2. The molecule has 0 saturated heterocycles. The van der Waals surface area contributed by atoms with Crippen LogP contribution in [-0.2, 0) is 13.2 Å². The monoisotopic (exact) mass is 347 g/mol. The van der Waals surface area contributed by atoms with E-state index in [2.05, 4.69) is 24.1 Å². The molecule has 1 atom stereocenters. The van der Waals surface area contributed by atoms with Crippen LogP contribution in [0.15, 0.2) is 35.7 Å². The van der Waals surface area contributed by atoms with Crippen LogP contribution in [0.4, 0.5) is 4.79 Å². The van der Waals surface area contributed by atoms with Gasteiger partial charge in [-0.3, -0.25) is 0 Å². The fourth-order valence-electron chi connectivity index (χ4n) is 2.23. The van der Waals surface area contributed by atoms with Crippen LogP contribution in [0.3, 0.4) is 0 Å². The SMILES string of the molecule is CCNC(=O)N(Cc1csc(COc2ccccc2)n1)[C@H](C)CC. The fraction of sp³-hybridized carbons (Fsp3) is 0.444. The van der Waals surface area contributed by atoms with E-state index in [0.29, 0.717) is 19.7 Å². The molecule has 0 aliphatic rings. The first kappa shape index (κ1) is 18.3. The molecule has 0 saturated carbocycles. The number of urea groups is 1. The van der Waals surface area contributed by atoms with Gasteiger partial charge in [0, 0.05) is 18.0 Å². The van der Waals surface area contributed by atoms with Crippen molar-refractivity contribution in [3.8, 4) is 5.75 Å². The Kier molecular flexibility index (Phi) is 7.06. The number of thiazole rings is 1. The van der Waals surface area contributed by atoms with Crippen LogP contribution >= 0.6 is 11.3 Å². The molecule has 0 fully saturated rings. The second-order valence-electron chi connectivity index (χ2n) is 5.55. The van der Waals surface area contributed by atoms with Crippen molar-refractivity contribution in [1.29, 1.82) is 0 Å². The van der Waals surface area contributed by atoms with E-state index in [0.717, 1.165) is 22.9 Å². The van der Waals surface area contributed by atoms with Crippen LogP contribution < -0.4 is 10.1 Å². The Morgan fingerprint density at radius 1 is 1.33 bits per heavy atom. The molecule has 1 aromatic carbocycles. The highest BCUT2D eigenvalue weighted by Gasteiger charge is 2.19. The molecule has 0 aliphatic carbocycles. The number of benzene rings is 1. The standard InChI is InChI=1S/C18H25N3O2S/c1-4-14(3)21(18(22)19-5-2)11-15-13-24-17(20-15)12-23-16-9-7-6-8-10-16/h6-10,13-14H,4-5,11-12H2,1-3H3,(H,19,22)/t14-/m1/s1. The number of nitrogens with zero attached hydrogens (tertiary/aromatic N) is 2. The lowest BCUT2D eigenvalue weighted by molar-refractivity contribution is 0.173. The van der Waals surface area contributed by atoms with Crippen molar-refractivity contribution >= 4 is 17.4 Å². The topological polar surface area (TPSA) is 54.5 Å². The van der Waals surface area contributed by atoms with Crippen molar-refractivity contribution in [2.45, 2.75) is 46.4 Å². The number of rotatable bonds is 8. The zero-order valence-corrected chi connectivity index (χ0v) is 15.3. The van der Waals surface area contributed by atoms with Crippen molar-refractivity contribution in [3.63, 3.8) is 0 Å². The first-order valence-corrected chi connectivity index (χ1v) is 9.17. The molecule has 1 heterocycles. The van der Waals surface area contributed by atoms with E-state index in [1.54, 1.807) is 11.3 Å². The molecule has 0 bridgehead atoms. The summed E-state index contributed by atoms with van der Waals surface area (Å²) >= 11 is 1.56. The maximum absolute atomic E-state index is 12.2. The Labute approximate surface area is 147 Å². The minimum Gasteiger partial charge on any atom is -0.486 e. The van der Waals surface area contributed by atoms with Gasteiger partial charge in [-0.2, -0.15) is 0 Å². The van der Waals surface area contributed by atoms with Crippen LogP contribution in [0, 0.1) is 0 Å². The summed E-state index contributed by atoms with van der Waals surface area (Å²) in [5, 5.41) is 5.78. The van der Waals surface area contributed by atoms with Crippen molar-refractivity contribution in [2.24, 2.45) is 0 Å². The van der Waals surface area contributed by atoms with Gasteiger partial charge < -0.3 is 15.0 Å². The van der Waals surface area contributed by atoms with E-state index in [1.807, 2.05) is 47.5 Å². The molecule has 2 amide bonds. The van der Waals surface area contributed by atoms with Gasteiger partial charge >= 0.3 is 6.03 Å². The Morgan fingerprint density at radius 3 is 2.75 bits per heavy atom. The van der Waals surface area contributed by atoms with E-state index in [1.165, 1.54) is 0 Å². The lowest BCUT2D eigenvalue weighted by Gasteiger charge is -2.27. The second kappa shape index (κ2) is 9.27. The molecule has 2 rings (SSSR count). The highest BCUT2D eigenvalue weighted by molar-refractivity contribution is 7.09. The van der Waals surface area contributed by atoms with Crippen LogP contribution in [0.5, 0.6) is 5.75 Å². The molecule has 0 radical (unpaired) electrons. The molecule has 0 unspecified atom stereocenters. The molecule has 6 heteroatoms. The predicted molar refractivity (Wildman–Crippen MR) is 97.3 cm³/mol. The largest absolute Gasteiger partial charge is 0.486 e. The highest BCUT2D eigenvalue weighted by Crippen LogP contribution is 2.17. The van der Waals surface area contributed by atoms with E-state index >= 15 is 0 Å². The smallest absolute Gasteiger partial charge is 0.317 e. The average molecular weight is 347 g/mol. The van der Waals surface area contributed by atoms with Crippen LogP contribution in [-0.4, -0.2) is 28.5 Å². The van der Waals surface area contributed by atoms with Gasteiger partial charge in [0.05, 0.1) is 12.2 Å². The third-order valence-electron chi connectivity index (χ3n) is 3.75. The Balaban J connectivity index is 1.96. The Bertz CT molecular complexity index is 630. The normalized spacial score (nSPS) is 11.8. The van der Waals surface area contributed by atoms with Gasteiger partial charge in [-0.05, 0) is 32.4 Å². The minimum atomic E-state index is -0.0399. The van der Waals surface area contributed by atoms with Crippen molar-refractivity contribution in [2.75, 3.05) is 6.54 Å². The first-order chi connectivity index (χ1) is 11.6. The fourth-order valence-corrected chi connectivity index (χ4v) is 2.92. The summed E-state index contributed by atoms with van der Waals surface area (Å²) < 4.78 is 5.72. The summed E-state index contributed by atoms with van der Waals surface area (Å²) in [4.78, 5) is 18.7. The van der Waals surface area contributed by atoms with E-state index in [-0.39, 0.29) is 12.1 Å². The molecule has 1 N–H and O–H groups in total. The lowest BCUT2D eigenvalue weighted by Crippen LogP contribution is -2.44. The van der Waals surface area contributed by atoms with Crippen molar-refractivity contribution < 1.29 is 9.53 Å². The van der Waals surface area contributed by atoms with Crippen molar-refractivity contribution in [3.05, 3.63) is 46.4 Å². The summed E-state index contributed by atoms with van der Waals surface area (Å²) in [5.41, 5.74) is 0.901. The summed E-state index contributed by atoms with van der Waals surface area (Å²) in [5.74, 6) is 0.831. The summed E-state index contributed by atoms with van der Waals surface area (Å²) in [6.07, 6.45) is 0.908. The Morgan fingerprint density at radius 2 is 2.08 bits per heavy atom. The number of carbonyl (C=O) groups excluding carboxylic acids is 1. The summed E-state index contributed by atoms with van der Waals surface area (Å²) in [6.45, 7) is 7.65. The van der Waals surface area contributed by atoms with Gasteiger partial charge in [0.2, 0.25) is 0 Å². The zero-order chi connectivity index (χ0) is 17.4. The third-order valence-corrected chi connectivity index (χ3v) is 4.62. The van der Waals surface area contributed by atoms with Gasteiger partial charge in [-0.15, -0.1) is 11.3 Å². The van der Waals surface area contributed by atoms with Gasteiger partial charge in [0.15, 0.2) is 0 Å². The molecule has 5 nitrogen and oxygen atoms in total. The number of amides is 2. The number of aromatic nitrogens is 1. The molecule has 2 aromatic rings. The molecule has 24 heavy (non-hydrogen) atoms. The number of ether oxygens (including phenoxy) is 1. The lowest BCUT2D eigenvalue weighted by atomic mass is 10.2. The van der Waals surface area contributed by atoms with E-state index in [9.17, 15) is 4.79 Å². The summed E-state index contributed by atoms with van der Waals surface area (Å²) in [6, 6.07) is 9.82. The quantitative estimate of drug-likeness (QED) is 0.784.